The lowest BCUT2D eigenvalue weighted by molar-refractivity contribution is -0.274. The average Bonchev–Trinajstić information content (AvgIpc) is 2.36. The van der Waals surface area contributed by atoms with Gasteiger partial charge in [0.15, 0.2) is 5.75 Å². The van der Waals surface area contributed by atoms with Crippen molar-refractivity contribution in [3.05, 3.63) is 23.8 Å². The lowest BCUT2D eigenvalue weighted by Crippen LogP contribution is -2.28. The molecule has 0 N–H and O–H groups in total. The lowest BCUT2D eigenvalue weighted by Gasteiger charge is -2.14. The van der Waals surface area contributed by atoms with Crippen LogP contribution in [0.3, 0.4) is 0 Å². The van der Waals surface area contributed by atoms with Crippen molar-refractivity contribution in [2.75, 3.05) is 7.11 Å². The van der Waals surface area contributed by atoms with Crippen LogP contribution < -0.4 is 8.92 Å². The molecule has 0 aliphatic carbocycles. The van der Waals surface area contributed by atoms with Gasteiger partial charge in [-0.05, 0) is 18.2 Å². The Labute approximate surface area is 124 Å². The van der Waals surface area contributed by atoms with E-state index in [4.69, 9.17) is 0 Å². The summed E-state index contributed by atoms with van der Waals surface area (Å²) in [5.41, 5.74) is -6.82. The quantitative estimate of drug-likeness (QED) is 0.352. The topological polar surface area (TPSA) is 78.9 Å². The summed E-state index contributed by atoms with van der Waals surface area (Å²) in [6.07, 6.45) is -5.15. The monoisotopic (exact) mass is 368 g/mol. The fraction of sp³-hybridized carbons (Fsp3) is 0.300. The van der Waals surface area contributed by atoms with Crippen LogP contribution in [0, 0.1) is 0 Å². The molecule has 0 amide bonds. The Bertz CT molecular complexity index is 693. The van der Waals surface area contributed by atoms with Crippen molar-refractivity contribution in [1.82, 2.24) is 0 Å². The van der Waals surface area contributed by atoms with E-state index in [0.717, 1.165) is 7.11 Å². The van der Waals surface area contributed by atoms with E-state index in [-0.39, 0.29) is 0 Å². The largest absolute Gasteiger partial charge is 0.573 e. The van der Waals surface area contributed by atoms with Crippen LogP contribution in [-0.2, 0) is 14.9 Å². The van der Waals surface area contributed by atoms with E-state index in [1.54, 1.807) is 0 Å². The Morgan fingerprint density at radius 1 is 1.09 bits per heavy atom. The first-order valence-corrected chi connectivity index (χ1v) is 6.66. The van der Waals surface area contributed by atoms with Gasteiger partial charge in [-0.3, -0.25) is 0 Å². The molecule has 0 aliphatic rings. The molecule has 0 saturated carbocycles. The number of ether oxygens (including phenoxy) is 2. The minimum atomic E-state index is -6.13. The SMILES string of the molecule is COC(=O)c1cc(OC(F)(F)F)ccc1OS(=O)(=O)C(F)(F)F. The second-order valence-corrected chi connectivity index (χ2v) is 5.22. The number of hydrogen-bond donors (Lipinski definition) is 0. The zero-order valence-electron chi connectivity index (χ0n) is 10.9. The number of methoxy groups -OCH3 is 1. The van der Waals surface area contributed by atoms with Crippen LogP contribution in [0.4, 0.5) is 26.3 Å². The van der Waals surface area contributed by atoms with Crippen LogP contribution in [-0.4, -0.2) is 33.4 Å². The smallest absolute Gasteiger partial charge is 0.465 e. The third-order valence-corrected chi connectivity index (χ3v) is 3.04. The summed E-state index contributed by atoms with van der Waals surface area (Å²) < 4.78 is 106. The van der Waals surface area contributed by atoms with E-state index in [1.165, 1.54) is 0 Å². The molecule has 1 aromatic rings. The number of carbonyl (C=O) groups excluding carboxylic acids is 1. The molecular formula is C10H6F6O6S. The fourth-order valence-electron chi connectivity index (χ4n) is 1.21. The first-order chi connectivity index (χ1) is 10.3. The molecule has 0 atom stereocenters. The van der Waals surface area contributed by atoms with Gasteiger partial charge in [0, 0.05) is 0 Å². The predicted molar refractivity (Wildman–Crippen MR) is 60.1 cm³/mol. The van der Waals surface area contributed by atoms with Crippen LogP contribution in [0.5, 0.6) is 11.5 Å². The highest BCUT2D eigenvalue weighted by molar-refractivity contribution is 7.88. The van der Waals surface area contributed by atoms with Crippen molar-refractivity contribution in [3.63, 3.8) is 0 Å². The molecule has 1 rings (SSSR count). The number of esters is 1. The molecule has 23 heavy (non-hydrogen) atoms. The molecule has 130 valence electrons. The van der Waals surface area contributed by atoms with Crippen LogP contribution in [0.2, 0.25) is 0 Å². The van der Waals surface area contributed by atoms with Crippen molar-refractivity contribution >= 4 is 16.1 Å². The number of rotatable bonds is 4. The van der Waals surface area contributed by atoms with Gasteiger partial charge in [-0.2, -0.15) is 21.6 Å². The molecule has 0 fully saturated rings. The van der Waals surface area contributed by atoms with Crippen molar-refractivity contribution in [1.29, 1.82) is 0 Å². The normalized spacial score (nSPS) is 12.7. The number of benzene rings is 1. The van der Waals surface area contributed by atoms with Crippen molar-refractivity contribution in [2.24, 2.45) is 0 Å². The van der Waals surface area contributed by atoms with E-state index in [0.29, 0.717) is 18.2 Å². The van der Waals surface area contributed by atoms with E-state index >= 15 is 0 Å². The maximum absolute atomic E-state index is 12.2. The van der Waals surface area contributed by atoms with Gasteiger partial charge in [0.1, 0.15) is 11.3 Å². The van der Waals surface area contributed by atoms with E-state index in [9.17, 15) is 39.6 Å². The molecule has 0 aromatic heterocycles. The van der Waals surface area contributed by atoms with E-state index < -0.39 is 45.0 Å². The molecule has 0 bridgehead atoms. The van der Waals surface area contributed by atoms with Crippen LogP contribution in [0.1, 0.15) is 10.4 Å². The van der Waals surface area contributed by atoms with Gasteiger partial charge in [-0.15, -0.1) is 13.2 Å². The predicted octanol–water partition coefficient (Wildman–Crippen LogP) is 2.60. The molecule has 1 aromatic carbocycles. The van der Waals surface area contributed by atoms with Crippen LogP contribution in [0.25, 0.3) is 0 Å². The fourth-order valence-corrected chi connectivity index (χ4v) is 1.69. The Kier molecular flexibility index (Phi) is 5.03. The molecule has 0 spiro atoms. The van der Waals surface area contributed by atoms with Crippen molar-refractivity contribution in [3.8, 4) is 11.5 Å². The zero-order chi connectivity index (χ0) is 18.1. The second kappa shape index (κ2) is 6.14. The van der Waals surface area contributed by atoms with Gasteiger partial charge in [0.2, 0.25) is 0 Å². The van der Waals surface area contributed by atoms with Gasteiger partial charge >= 0.3 is 28.0 Å². The number of halogens is 6. The average molecular weight is 368 g/mol. The van der Waals surface area contributed by atoms with Gasteiger partial charge < -0.3 is 13.7 Å². The summed E-state index contributed by atoms with van der Waals surface area (Å²) in [5.74, 6) is -3.61. The summed E-state index contributed by atoms with van der Waals surface area (Å²) in [6, 6.07) is 1.17. The molecule has 0 radical (unpaired) electrons. The highest BCUT2D eigenvalue weighted by Crippen LogP contribution is 2.32. The molecule has 0 aliphatic heterocycles. The second-order valence-electron chi connectivity index (χ2n) is 3.68. The number of carbonyl (C=O) groups is 1. The summed E-state index contributed by atoms with van der Waals surface area (Å²) >= 11 is 0. The van der Waals surface area contributed by atoms with E-state index in [2.05, 4.69) is 13.7 Å². The Hall–Kier alpha value is -2.18. The van der Waals surface area contributed by atoms with Gasteiger partial charge in [0.25, 0.3) is 0 Å². The maximum Gasteiger partial charge on any atom is 0.573 e. The molecule has 0 unspecified atom stereocenters. The van der Waals surface area contributed by atoms with Crippen LogP contribution >= 0.6 is 0 Å². The minimum Gasteiger partial charge on any atom is -0.465 e. The van der Waals surface area contributed by atoms with Crippen molar-refractivity contribution in [2.45, 2.75) is 11.9 Å². The van der Waals surface area contributed by atoms with Gasteiger partial charge in [-0.25, -0.2) is 4.79 Å². The summed E-state index contributed by atoms with van der Waals surface area (Å²) in [6.45, 7) is 0. The molecule has 13 heteroatoms. The molecule has 0 heterocycles. The third-order valence-electron chi connectivity index (χ3n) is 2.07. The minimum absolute atomic E-state index is 0.320. The van der Waals surface area contributed by atoms with Crippen molar-refractivity contribution < 1.29 is 53.2 Å². The maximum atomic E-state index is 12.2. The first kappa shape index (κ1) is 18.9. The third kappa shape index (κ3) is 4.91. The number of alkyl halides is 6. The number of hydrogen-bond acceptors (Lipinski definition) is 6. The Morgan fingerprint density at radius 2 is 1.65 bits per heavy atom. The van der Waals surface area contributed by atoms with E-state index in [1.807, 2.05) is 0 Å². The highest BCUT2D eigenvalue weighted by atomic mass is 32.2. The summed E-state index contributed by atoms with van der Waals surface area (Å²) in [4.78, 5) is 11.4. The molecule has 6 nitrogen and oxygen atoms in total. The summed E-state index contributed by atoms with van der Waals surface area (Å²) in [5, 5.41) is 0. The Morgan fingerprint density at radius 3 is 2.09 bits per heavy atom. The van der Waals surface area contributed by atoms with Crippen LogP contribution in [0.15, 0.2) is 18.2 Å². The molecule has 0 saturated heterocycles. The summed E-state index contributed by atoms with van der Waals surface area (Å²) in [7, 11) is -5.37. The molecular weight excluding hydrogens is 362 g/mol. The highest BCUT2D eigenvalue weighted by Gasteiger charge is 2.49. The first-order valence-electron chi connectivity index (χ1n) is 5.25. The lowest BCUT2D eigenvalue weighted by atomic mass is 10.2. The Balaban J connectivity index is 3.31. The van der Waals surface area contributed by atoms with Gasteiger partial charge in [-0.1, -0.05) is 0 Å². The zero-order valence-corrected chi connectivity index (χ0v) is 11.7. The standard InChI is InChI=1S/C10H6F6O6S/c1-20-8(17)6-4-5(21-9(11,12)13)2-3-7(6)22-23(18,19)10(14,15)16/h2-4H,1H3. The van der Waals surface area contributed by atoms with Gasteiger partial charge in [0.05, 0.1) is 7.11 Å².